The van der Waals surface area contributed by atoms with Crippen molar-refractivity contribution in [2.24, 2.45) is 5.73 Å². The maximum absolute atomic E-state index is 12.7. The first-order chi connectivity index (χ1) is 16.5. The van der Waals surface area contributed by atoms with Crippen LogP contribution in [-0.4, -0.2) is 60.4 Å². The highest BCUT2D eigenvalue weighted by atomic mass is 16.6. The Kier molecular flexibility index (Phi) is 9.41. The number of carbonyl (C=O) groups excluding carboxylic acids is 4. The Hall–Kier alpha value is -4.32. The van der Waals surface area contributed by atoms with Crippen molar-refractivity contribution in [3.63, 3.8) is 0 Å². The molecule has 35 heavy (non-hydrogen) atoms. The summed E-state index contributed by atoms with van der Waals surface area (Å²) in [5.74, 6) is -2.78. The topological polar surface area (TPSA) is 187 Å². The van der Waals surface area contributed by atoms with Crippen molar-refractivity contribution < 1.29 is 43.6 Å². The number of phenolic OH excluding ortho intramolecular Hbond substituents is 2. The van der Waals surface area contributed by atoms with Crippen LogP contribution in [0.15, 0.2) is 36.4 Å². The smallest absolute Gasteiger partial charge is 0.412 e. The average molecular weight is 489 g/mol. The number of rotatable bonds is 9. The van der Waals surface area contributed by atoms with Gasteiger partial charge in [0.15, 0.2) is 23.0 Å². The predicted molar refractivity (Wildman–Crippen MR) is 122 cm³/mol. The SMILES string of the molecule is CNC(=O)Oc1cc(C[C@H](NC(=O)[C@@H](N)Cc2ccc(O)c(O)c2)C(=O)OC)ccc1OC(C)=O. The molecule has 12 heteroatoms. The second-order valence-electron chi connectivity index (χ2n) is 7.44. The number of amides is 2. The zero-order valence-corrected chi connectivity index (χ0v) is 19.4. The number of esters is 2. The van der Waals surface area contributed by atoms with Gasteiger partial charge in [0.25, 0.3) is 0 Å². The molecule has 0 bridgehead atoms. The molecule has 0 saturated heterocycles. The summed E-state index contributed by atoms with van der Waals surface area (Å²) < 4.78 is 14.9. The van der Waals surface area contributed by atoms with E-state index in [2.05, 4.69) is 10.6 Å². The van der Waals surface area contributed by atoms with Crippen molar-refractivity contribution >= 4 is 23.9 Å². The molecule has 0 unspecified atom stereocenters. The third-order valence-electron chi connectivity index (χ3n) is 4.74. The van der Waals surface area contributed by atoms with Crippen molar-refractivity contribution in [2.75, 3.05) is 14.2 Å². The molecule has 0 aliphatic heterocycles. The molecule has 6 N–H and O–H groups in total. The molecule has 0 aliphatic rings. The van der Waals surface area contributed by atoms with Gasteiger partial charge in [0.05, 0.1) is 13.2 Å². The van der Waals surface area contributed by atoms with Crippen molar-refractivity contribution in [1.29, 1.82) is 0 Å². The van der Waals surface area contributed by atoms with Crippen molar-refractivity contribution in [1.82, 2.24) is 10.6 Å². The normalized spacial score (nSPS) is 12.1. The van der Waals surface area contributed by atoms with Crippen LogP contribution in [0.4, 0.5) is 4.79 Å². The number of nitrogens with two attached hydrogens (primary N) is 1. The van der Waals surface area contributed by atoms with E-state index in [0.29, 0.717) is 11.1 Å². The number of hydrogen-bond donors (Lipinski definition) is 5. The largest absolute Gasteiger partial charge is 0.504 e. The standard InChI is InChI=1S/C23H27N3O9/c1-12(27)34-19-7-5-14(11-20(19)35-23(32)25-2)9-16(22(31)33-3)26-21(30)15(24)8-13-4-6-17(28)18(29)10-13/h4-7,10-11,15-16,28-29H,8-9,24H2,1-3H3,(H,25,32)(H,26,30)/t15-,16-/m0/s1. The van der Waals surface area contributed by atoms with E-state index in [9.17, 15) is 29.4 Å². The van der Waals surface area contributed by atoms with Crippen LogP contribution in [0.1, 0.15) is 18.1 Å². The minimum Gasteiger partial charge on any atom is -0.504 e. The molecule has 0 saturated carbocycles. The van der Waals surface area contributed by atoms with Crippen LogP contribution >= 0.6 is 0 Å². The molecule has 2 aromatic rings. The van der Waals surface area contributed by atoms with Gasteiger partial charge < -0.3 is 40.8 Å². The summed E-state index contributed by atoms with van der Waals surface area (Å²) in [5, 5.41) is 23.8. The summed E-state index contributed by atoms with van der Waals surface area (Å²) in [6.07, 6.45) is -0.843. The van der Waals surface area contributed by atoms with E-state index in [1.54, 1.807) is 0 Å². The third kappa shape index (κ3) is 7.89. The summed E-state index contributed by atoms with van der Waals surface area (Å²) in [5.41, 5.74) is 6.91. The van der Waals surface area contributed by atoms with Crippen molar-refractivity contribution in [3.8, 4) is 23.0 Å². The number of hydrogen-bond acceptors (Lipinski definition) is 10. The molecule has 0 heterocycles. The Morgan fingerprint density at radius 3 is 2.20 bits per heavy atom. The van der Waals surface area contributed by atoms with Crippen molar-refractivity contribution in [3.05, 3.63) is 47.5 Å². The van der Waals surface area contributed by atoms with E-state index in [-0.39, 0.29) is 35.8 Å². The fourth-order valence-corrected chi connectivity index (χ4v) is 3.04. The molecule has 0 aliphatic carbocycles. The molecule has 2 rings (SSSR count). The Labute approximate surface area is 201 Å². The van der Waals surface area contributed by atoms with Gasteiger partial charge >= 0.3 is 18.0 Å². The number of carbonyl (C=O) groups is 4. The summed E-state index contributed by atoms with van der Waals surface area (Å²) in [6, 6.07) is 6.12. The first-order valence-electron chi connectivity index (χ1n) is 10.4. The number of nitrogens with one attached hydrogen (secondary N) is 2. The molecule has 2 aromatic carbocycles. The molecule has 0 spiro atoms. The third-order valence-corrected chi connectivity index (χ3v) is 4.74. The lowest BCUT2D eigenvalue weighted by Crippen LogP contribution is -2.50. The van der Waals surface area contributed by atoms with Crippen LogP contribution in [0.25, 0.3) is 0 Å². The highest BCUT2D eigenvalue weighted by Gasteiger charge is 2.26. The maximum atomic E-state index is 12.7. The lowest BCUT2D eigenvalue weighted by molar-refractivity contribution is -0.145. The average Bonchev–Trinajstić information content (AvgIpc) is 2.81. The second kappa shape index (κ2) is 12.2. The number of aromatic hydroxyl groups is 2. The van der Waals surface area contributed by atoms with Crippen LogP contribution in [0.3, 0.4) is 0 Å². The molecular formula is C23H27N3O9. The van der Waals surface area contributed by atoms with Crippen LogP contribution < -0.4 is 25.8 Å². The fourth-order valence-electron chi connectivity index (χ4n) is 3.04. The van der Waals surface area contributed by atoms with Gasteiger partial charge in [-0.2, -0.15) is 0 Å². The van der Waals surface area contributed by atoms with E-state index in [0.717, 1.165) is 7.11 Å². The summed E-state index contributed by atoms with van der Waals surface area (Å²) in [7, 11) is 2.51. The van der Waals surface area contributed by atoms with Gasteiger partial charge in [0.2, 0.25) is 5.91 Å². The number of phenols is 2. The molecule has 2 atom stereocenters. The van der Waals surface area contributed by atoms with Crippen LogP contribution in [-0.2, 0) is 32.0 Å². The molecule has 188 valence electrons. The van der Waals surface area contributed by atoms with Gasteiger partial charge in [-0.05, 0) is 41.8 Å². The van der Waals surface area contributed by atoms with Gasteiger partial charge in [-0.25, -0.2) is 9.59 Å². The lowest BCUT2D eigenvalue weighted by Gasteiger charge is -2.20. The summed E-state index contributed by atoms with van der Waals surface area (Å²) in [4.78, 5) is 48.0. The Morgan fingerprint density at radius 2 is 1.60 bits per heavy atom. The van der Waals surface area contributed by atoms with Crippen molar-refractivity contribution in [2.45, 2.75) is 31.8 Å². The Morgan fingerprint density at radius 1 is 0.943 bits per heavy atom. The summed E-state index contributed by atoms with van der Waals surface area (Å²) >= 11 is 0. The van der Waals surface area contributed by atoms with E-state index < -0.39 is 36.0 Å². The fraction of sp³-hybridized carbons (Fsp3) is 0.304. The maximum Gasteiger partial charge on any atom is 0.412 e. The highest BCUT2D eigenvalue weighted by molar-refractivity contribution is 5.87. The van der Waals surface area contributed by atoms with E-state index in [1.165, 1.54) is 50.4 Å². The molecule has 0 radical (unpaired) electrons. The van der Waals surface area contributed by atoms with Gasteiger partial charge in [0.1, 0.15) is 6.04 Å². The van der Waals surface area contributed by atoms with Crippen LogP contribution in [0.5, 0.6) is 23.0 Å². The molecule has 0 fully saturated rings. The first kappa shape index (κ1) is 26.9. The second-order valence-corrected chi connectivity index (χ2v) is 7.44. The molecular weight excluding hydrogens is 462 g/mol. The highest BCUT2D eigenvalue weighted by Crippen LogP contribution is 2.29. The minimum atomic E-state index is -1.14. The molecule has 0 aromatic heterocycles. The van der Waals surface area contributed by atoms with Gasteiger partial charge in [-0.15, -0.1) is 0 Å². The van der Waals surface area contributed by atoms with Gasteiger partial charge in [-0.3, -0.25) is 9.59 Å². The Balaban J connectivity index is 2.19. The number of ether oxygens (including phenoxy) is 3. The van der Waals surface area contributed by atoms with Gasteiger partial charge in [0, 0.05) is 20.4 Å². The molecule has 12 nitrogen and oxygen atoms in total. The minimum absolute atomic E-state index is 0.0114. The van der Waals surface area contributed by atoms with E-state index in [1.807, 2.05) is 0 Å². The number of benzene rings is 2. The van der Waals surface area contributed by atoms with Crippen LogP contribution in [0, 0.1) is 0 Å². The monoisotopic (exact) mass is 489 g/mol. The quantitative estimate of drug-likeness (QED) is 0.189. The first-order valence-corrected chi connectivity index (χ1v) is 10.4. The number of methoxy groups -OCH3 is 1. The zero-order chi connectivity index (χ0) is 26.1. The Bertz CT molecular complexity index is 1100. The predicted octanol–water partition coefficient (Wildman–Crippen LogP) is 0.512. The van der Waals surface area contributed by atoms with E-state index >= 15 is 0 Å². The van der Waals surface area contributed by atoms with Gasteiger partial charge in [-0.1, -0.05) is 12.1 Å². The zero-order valence-electron chi connectivity index (χ0n) is 19.4. The molecule has 2 amide bonds. The summed E-state index contributed by atoms with van der Waals surface area (Å²) in [6.45, 7) is 1.18. The van der Waals surface area contributed by atoms with Crippen LogP contribution in [0.2, 0.25) is 0 Å². The lowest BCUT2D eigenvalue weighted by atomic mass is 10.0. The van der Waals surface area contributed by atoms with E-state index in [4.69, 9.17) is 19.9 Å².